The number of esters is 1. The molecule has 4 aromatic rings. The van der Waals surface area contributed by atoms with Gasteiger partial charge in [0.15, 0.2) is 11.6 Å². The molecule has 0 unspecified atom stereocenters. The maximum absolute atomic E-state index is 12.3. The molecule has 0 saturated heterocycles. The van der Waals surface area contributed by atoms with Crippen molar-refractivity contribution in [3.8, 4) is 0 Å². The lowest BCUT2D eigenvalue weighted by atomic mass is 10.1. The summed E-state index contributed by atoms with van der Waals surface area (Å²) in [5.41, 5.74) is 9.09. The highest BCUT2D eigenvalue weighted by molar-refractivity contribution is 5.97. The van der Waals surface area contributed by atoms with Crippen molar-refractivity contribution in [3.05, 3.63) is 96.4 Å². The van der Waals surface area contributed by atoms with Gasteiger partial charge in [0.25, 0.3) is 0 Å². The second kappa shape index (κ2) is 9.78. The Labute approximate surface area is 192 Å². The fourth-order valence-electron chi connectivity index (χ4n) is 3.57. The van der Waals surface area contributed by atoms with Gasteiger partial charge >= 0.3 is 5.97 Å². The van der Waals surface area contributed by atoms with Crippen LogP contribution in [-0.4, -0.2) is 35.1 Å². The SMILES string of the molecule is COC(=O)c1ccccc1N(C)c1ncnc(N(Cc2ccccc2)c2ccccn2)c1N. The lowest BCUT2D eigenvalue weighted by Crippen LogP contribution is -2.23. The molecule has 0 fully saturated rings. The zero-order chi connectivity index (χ0) is 23.2. The molecule has 8 nitrogen and oxygen atoms in total. The van der Waals surface area contributed by atoms with Crippen LogP contribution in [0.3, 0.4) is 0 Å². The fourth-order valence-corrected chi connectivity index (χ4v) is 3.57. The second-order valence-corrected chi connectivity index (χ2v) is 7.26. The number of hydrogen-bond donors (Lipinski definition) is 1. The van der Waals surface area contributed by atoms with Crippen LogP contribution in [0.1, 0.15) is 15.9 Å². The number of hydrogen-bond acceptors (Lipinski definition) is 8. The number of carbonyl (C=O) groups excluding carboxylic acids is 1. The Morgan fingerprint density at radius 1 is 0.909 bits per heavy atom. The van der Waals surface area contributed by atoms with E-state index in [0.29, 0.717) is 40.9 Å². The summed E-state index contributed by atoms with van der Waals surface area (Å²) in [5, 5.41) is 0. The molecule has 2 heterocycles. The first-order valence-corrected chi connectivity index (χ1v) is 10.3. The standard InChI is InChI=1S/C25H24N6O2/c1-30(20-13-7-6-12-19(20)25(32)33-2)23-22(26)24(29-17-28-23)31(21-14-8-9-15-27-21)16-18-10-4-3-5-11-18/h3-15,17H,16,26H2,1-2H3. The first-order valence-electron chi connectivity index (χ1n) is 10.3. The molecular weight excluding hydrogens is 416 g/mol. The van der Waals surface area contributed by atoms with Crippen LogP contribution in [0.2, 0.25) is 0 Å². The van der Waals surface area contributed by atoms with E-state index in [1.807, 2.05) is 65.6 Å². The molecule has 0 atom stereocenters. The minimum absolute atomic E-state index is 0.362. The van der Waals surface area contributed by atoms with Gasteiger partial charge < -0.3 is 20.3 Å². The smallest absolute Gasteiger partial charge is 0.339 e. The Morgan fingerprint density at radius 2 is 1.61 bits per heavy atom. The number of nitrogens with two attached hydrogens (primary N) is 1. The number of methoxy groups -OCH3 is 1. The molecule has 2 aromatic carbocycles. The van der Waals surface area contributed by atoms with E-state index in [1.54, 1.807) is 30.3 Å². The molecule has 2 aromatic heterocycles. The van der Waals surface area contributed by atoms with Gasteiger partial charge in [-0.15, -0.1) is 0 Å². The monoisotopic (exact) mass is 440 g/mol. The van der Waals surface area contributed by atoms with E-state index in [4.69, 9.17) is 10.5 Å². The molecule has 2 N–H and O–H groups in total. The summed E-state index contributed by atoms with van der Waals surface area (Å²) in [6.45, 7) is 0.515. The minimum atomic E-state index is -0.440. The quantitative estimate of drug-likeness (QED) is 0.424. The minimum Gasteiger partial charge on any atom is -0.465 e. The van der Waals surface area contributed by atoms with E-state index >= 15 is 0 Å². The van der Waals surface area contributed by atoms with Crippen LogP contribution in [-0.2, 0) is 11.3 Å². The molecule has 0 bridgehead atoms. The highest BCUT2D eigenvalue weighted by Gasteiger charge is 2.23. The molecule has 0 aliphatic rings. The maximum atomic E-state index is 12.3. The third-order valence-corrected chi connectivity index (χ3v) is 5.20. The molecule has 0 aliphatic heterocycles. The van der Waals surface area contributed by atoms with Gasteiger partial charge in [-0.1, -0.05) is 48.5 Å². The van der Waals surface area contributed by atoms with Crippen LogP contribution < -0.4 is 15.5 Å². The average Bonchev–Trinajstić information content (AvgIpc) is 2.88. The number of para-hydroxylation sites is 1. The average molecular weight is 441 g/mol. The molecule has 4 rings (SSSR count). The summed E-state index contributed by atoms with van der Waals surface area (Å²) in [6, 6.07) is 22.8. The lowest BCUT2D eigenvalue weighted by Gasteiger charge is -2.27. The van der Waals surface area contributed by atoms with Crippen molar-refractivity contribution >= 4 is 34.8 Å². The van der Waals surface area contributed by atoms with Gasteiger partial charge in [-0.25, -0.2) is 19.7 Å². The van der Waals surface area contributed by atoms with E-state index in [0.717, 1.165) is 5.56 Å². The zero-order valence-corrected chi connectivity index (χ0v) is 18.4. The van der Waals surface area contributed by atoms with E-state index in [-0.39, 0.29) is 0 Å². The number of aromatic nitrogens is 3. The largest absolute Gasteiger partial charge is 0.465 e. The number of pyridine rings is 1. The van der Waals surface area contributed by atoms with Crippen LogP contribution in [0.25, 0.3) is 0 Å². The first-order chi connectivity index (χ1) is 16.1. The molecule has 0 radical (unpaired) electrons. The second-order valence-electron chi connectivity index (χ2n) is 7.26. The molecule has 33 heavy (non-hydrogen) atoms. The predicted octanol–water partition coefficient (Wildman–Crippen LogP) is 4.35. The van der Waals surface area contributed by atoms with Gasteiger partial charge in [-0.2, -0.15) is 0 Å². The number of anilines is 5. The summed E-state index contributed by atoms with van der Waals surface area (Å²) in [7, 11) is 3.15. The van der Waals surface area contributed by atoms with Crippen molar-refractivity contribution in [1.29, 1.82) is 0 Å². The Hall–Kier alpha value is -4.46. The van der Waals surface area contributed by atoms with Gasteiger partial charge in [0.2, 0.25) is 0 Å². The first kappa shape index (κ1) is 21.8. The summed E-state index contributed by atoms with van der Waals surface area (Å²) >= 11 is 0. The normalized spacial score (nSPS) is 10.5. The van der Waals surface area contributed by atoms with Crippen LogP contribution >= 0.6 is 0 Å². The zero-order valence-electron chi connectivity index (χ0n) is 18.4. The third kappa shape index (κ3) is 4.59. The Bertz CT molecular complexity index is 1230. The topological polar surface area (TPSA) is 97.5 Å². The van der Waals surface area contributed by atoms with Crippen LogP contribution in [0, 0.1) is 0 Å². The summed E-state index contributed by atoms with van der Waals surface area (Å²) in [5.74, 6) is 1.25. The van der Waals surface area contributed by atoms with Gasteiger partial charge in [-0.3, -0.25) is 0 Å². The molecule has 0 spiro atoms. The predicted molar refractivity (Wildman–Crippen MR) is 129 cm³/mol. The van der Waals surface area contributed by atoms with Crippen molar-refractivity contribution in [2.75, 3.05) is 29.7 Å². The van der Waals surface area contributed by atoms with Gasteiger partial charge in [0.1, 0.15) is 17.8 Å². The third-order valence-electron chi connectivity index (χ3n) is 5.20. The number of rotatable bonds is 7. The Kier molecular flexibility index (Phi) is 6.45. The van der Waals surface area contributed by atoms with E-state index in [1.165, 1.54) is 13.4 Å². The number of benzene rings is 2. The molecule has 166 valence electrons. The summed E-state index contributed by atoms with van der Waals surface area (Å²) < 4.78 is 4.93. The fraction of sp³-hybridized carbons (Fsp3) is 0.120. The van der Waals surface area contributed by atoms with Crippen molar-refractivity contribution in [3.63, 3.8) is 0 Å². The number of ether oxygens (including phenoxy) is 1. The highest BCUT2D eigenvalue weighted by Crippen LogP contribution is 2.36. The molecule has 0 saturated carbocycles. The molecular formula is C25H24N6O2. The van der Waals surface area contributed by atoms with Gasteiger partial charge in [0, 0.05) is 13.2 Å². The summed E-state index contributed by atoms with van der Waals surface area (Å²) in [6.07, 6.45) is 3.18. The lowest BCUT2D eigenvalue weighted by molar-refractivity contribution is 0.0601. The Balaban J connectivity index is 1.78. The van der Waals surface area contributed by atoms with Crippen LogP contribution in [0.15, 0.2) is 85.3 Å². The van der Waals surface area contributed by atoms with Crippen molar-refractivity contribution in [2.24, 2.45) is 0 Å². The maximum Gasteiger partial charge on any atom is 0.339 e. The number of carbonyl (C=O) groups is 1. The van der Waals surface area contributed by atoms with E-state index in [2.05, 4.69) is 15.0 Å². The molecule has 8 heteroatoms. The van der Waals surface area contributed by atoms with Crippen molar-refractivity contribution in [2.45, 2.75) is 6.54 Å². The number of nitrogens with zero attached hydrogens (tertiary/aromatic N) is 5. The molecule has 0 aliphatic carbocycles. The molecule has 0 amide bonds. The van der Waals surface area contributed by atoms with Crippen molar-refractivity contribution in [1.82, 2.24) is 15.0 Å². The summed E-state index contributed by atoms with van der Waals surface area (Å²) in [4.78, 5) is 29.4. The highest BCUT2D eigenvalue weighted by atomic mass is 16.5. The van der Waals surface area contributed by atoms with Gasteiger partial charge in [-0.05, 0) is 29.8 Å². The Morgan fingerprint density at radius 3 is 2.33 bits per heavy atom. The van der Waals surface area contributed by atoms with Crippen LogP contribution in [0.4, 0.5) is 28.8 Å². The van der Waals surface area contributed by atoms with Gasteiger partial charge in [0.05, 0.1) is 24.9 Å². The van der Waals surface area contributed by atoms with E-state index in [9.17, 15) is 4.79 Å². The van der Waals surface area contributed by atoms with Crippen molar-refractivity contribution < 1.29 is 9.53 Å². The van der Waals surface area contributed by atoms with E-state index < -0.39 is 5.97 Å². The number of nitrogen functional groups attached to an aromatic ring is 1. The van der Waals surface area contributed by atoms with Crippen LogP contribution in [0.5, 0.6) is 0 Å².